The second kappa shape index (κ2) is 6.96. The van der Waals surface area contributed by atoms with Crippen LogP contribution < -0.4 is 0 Å². The Balaban J connectivity index is 1.26. The number of benzene rings is 2. The average molecular weight is 372 g/mol. The zero-order chi connectivity index (χ0) is 18.9. The van der Waals surface area contributed by atoms with Gasteiger partial charge in [-0.25, -0.2) is 0 Å². The number of hydrogen-bond donors (Lipinski definition) is 1. The van der Waals surface area contributed by atoms with Crippen LogP contribution in [0, 0.1) is 0 Å². The van der Waals surface area contributed by atoms with E-state index >= 15 is 0 Å². The van der Waals surface area contributed by atoms with Crippen molar-refractivity contribution in [2.45, 2.75) is 18.8 Å². The van der Waals surface area contributed by atoms with Crippen LogP contribution in [0.15, 0.2) is 65.2 Å². The van der Waals surface area contributed by atoms with Crippen LogP contribution in [0.2, 0.25) is 0 Å². The Hall–Kier alpha value is -3.41. The molecule has 1 saturated heterocycles. The molecule has 1 N–H and O–H groups in total. The van der Waals surface area contributed by atoms with E-state index in [0.29, 0.717) is 30.5 Å². The average Bonchev–Trinajstić information content (AvgIpc) is 3.41. The van der Waals surface area contributed by atoms with Gasteiger partial charge in [0.2, 0.25) is 11.7 Å². The van der Waals surface area contributed by atoms with E-state index in [-0.39, 0.29) is 11.8 Å². The summed E-state index contributed by atoms with van der Waals surface area (Å²) in [4.78, 5) is 22.5. The van der Waals surface area contributed by atoms with Gasteiger partial charge < -0.3 is 14.4 Å². The molecule has 0 radical (unpaired) electrons. The molecule has 4 aromatic rings. The first kappa shape index (κ1) is 16.7. The summed E-state index contributed by atoms with van der Waals surface area (Å²) in [6.45, 7) is 1.36. The smallest absolute Gasteiger partial charge is 0.270 e. The van der Waals surface area contributed by atoms with Crippen LogP contribution in [0.25, 0.3) is 22.3 Å². The molecule has 0 spiro atoms. The topological polar surface area (TPSA) is 75.0 Å². The second-order valence-corrected chi connectivity index (χ2v) is 7.16. The molecular weight excluding hydrogens is 352 g/mol. The molecule has 0 saturated carbocycles. The molecule has 5 rings (SSSR count). The van der Waals surface area contributed by atoms with Crippen molar-refractivity contribution in [3.63, 3.8) is 0 Å². The summed E-state index contributed by atoms with van der Waals surface area (Å²) in [5.41, 5.74) is 2.58. The summed E-state index contributed by atoms with van der Waals surface area (Å²) in [5.74, 6) is 1.52. The maximum atomic E-state index is 12.8. The van der Waals surface area contributed by atoms with Gasteiger partial charge in [-0.3, -0.25) is 4.79 Å². The van der Waals surface area contributed by atoms with Crippen molar-refractivity contribution in [2.24, 2.45) is 0 Å². The van der Waals surface area contributed by atoms with Gasteiger partial charge in [0.05, 0.1) is 0 Å². The first-order valence-electron chi connectivity index (χ1n) is 9.54. The van der Waals surface area contributed by atoms with E-state index in [2.05, 4.69) is 15.1 Å². The molecule has 6 nitrogen and oxygen atoms in total. The number of amides is 1. The number of aromatic amines is 1. The largest absolute Gasteiger partial charge is 0.351 e. The Bertz CT molecular complexity index is 1070. The van der Waals surface area contributed by atoms with Crippen molar-refractivity contribution in [2.75, 3.05) is 13.1 Å². The number of fused-ring (bicyclic) bond motifs is 1. The molecule has 3 heterocycles. The molecule has 28 heavy (non-hydrogen) atoms. The fourth-order valence-electron chi connectivity index (χ4n) is 3.79. The van der Waals surface area contributed by atoms with Gasteiger partial charge in [0, 0.05) is 35.5 Å². The van der Waals surface area contributed by atoms with Gasteiger partial charge in [0.1, 0.15) is 5.69 Å². The van der Waals surface area contributed by atoms with Gasteiger partial charge in [0.25, 0.3) is 5.91 Å². The van der Waals surface area contributed by atoms with Crippen molar-refractivity contribution >= 4 is 16.8 Å². The Kier molecular flexibility index (Phi) is 4.16. The summed E-state index contributed by atoms with van der Waals surface area (Å²) in [5, 5.41) is 5.17. The third kappa shape index (κ3) is 3.07. The normalized spacial score (nSPS) is 15.2. The standard InChI is InChI=1S/C22H20N4O2/c27-22(19-14-17-8-4-5-9-18(17)23-19)26-12-10-16(11-13-26)21-24-20(25-28-21)15-6-2-1-3-7-15/h1-9,14,16,23H,10-13H2. The van der Waals surface area contributed by atoms with Gasteiger partial charge in [-0.15, -0.1) is 0 Å². The van der Waals surface area contributed by atoms with E-state index in [1.807, 2.05) is 65.6 Å². The van der Waals surface area contributed by atoms with Crippen molar-refractivity contribution in [3.05, 3.63) is 72.2 Å². The van der Waals surface area contributed by atoms with Crippen LogP contribution in [0.1, 0.15) is 35.1 Å². The number of H-pyrrole nitrogens is 1. The fourth-order valence-corrected chi connectivity index (χ4v) is 3.79. The lowest BCUT2D eigenvalue weighted by Gasteiger charge is -2.30. The van der Waals surface area contributed by atoms with Gasteiger partial charge in [-0.05, 0) is 25.0 Å². The van der Waals surface area contributed by atoms with Crippen molar-refractivity contribution in [1.29, 1.82) is 0 Å². The number of carbonyl (C=O) groups is 1. The Morgan fingerprint density at radius 2 is 1.79 bits per heavy atom. The number of nitrogens with zero attached hydrogens (tertiary/aromatic N) is 3. The third-order valence-corrected chi connectivity index (χ3v) is 5.37. The molecule has 0 aliphatic carbocycles. The molecule has 1 fully saturated rings. The van der Waals surface area contributed by atoms with Crippen LogP contribution in [-0.2, 0) is 0 Å². The zero-order valence-corrected chi connectivity index (χ0v) is 15.3. The number of para-hydroxylation sites is 1. The molecule has 1 aliphatic heterocycles. The van der Waals surface area contributed by atoms with E-state index < -0.39 is 0 Å². The highest BCUT2D eigenvalue weighted by atomic mass is 16.5. The first-order valence-corrected chi connectivity index (χ1v) is 9.54. The molecule has 1 aliphatic rings. The number of piperidine rings is 1. The number of aromatic nitrogens is 3. The minimum absolute atomic E-state index is 0.0464. The SMILES string of the molecule is O=C(c1cc2ccccc2[nH]1)N1CCC(c2nc(-c3ccccc3)no2)CC1. The van der Waals surface area contributed by atoms with E-state index in [9.17, 15) is 4.79 Å². The van der Waals surface area contributed by atoms with Crippen molar-refractivity contribution < 1.29 is 9.32 Å². The van der Waals surface area contributed by atoms with Gasteiger partial charge in [-0.2, -0.15) is 4.98 Å². The highest BCUT2D eigenvalue weighted by Crippen LogP contribution is 2.29. The van der Waals surface area contributed by atoms with Crippen molar-refractivity contribution in [3.8, 4) is 11.4 Å². The lowest BCUT2D eigenvalue weighted by molar-refractivity contribution is 0.0699. The fraction of sp³-hybridized carbons (Fsp3) is 0.227. The van der Waals surface area contributed by atoms with Crippen LogP contribution in [-0.4, -0.2) is 39.0 Å². The predicted octanol–water partition coefficient (Wildman–Crippen LogP) is 4.24. The van der Waals surface area contributed by atoms with Crippen LogP contribution >= 0.6 is 0 Å². The van der Waals surface area contributed by atoms with Crippen LogP contribution in [0.5, 0.6) is 0 Å². The maximum absolute atomic E-state index is 12.8. The summed E-state index contributed by atoms with van der Waals surface area (Å²) in [6.07, 6.45) is 1.64. The Morgan fingerprint density at radius 3 is 2.57 bits per heavy atom. The molecule has 2 aromatic heterocycles. The van der Waals surface area contributed by atoms with E-state index in [1.165, 1.54) is 0 Å². The molecular formula is C22H20N4O2. The summed E-state index contributed by atoms with van der Waals surface area (Å²) < 4.78 is 5.51. The molecule has 0 atom stereocenters. The number of carbonyl (C=O) groups excluding carboxylic acids is 1. The van der Waals surface area contributed by atoms with Gasteiger partial charge in [0.15, 0.2) is 0 Å². The number of likely N-dealkylation sites (tertiary alicyclic amines) is 1. The summed E-state index contributed by atoms with van der Waals surface area (Å²) in [6, 6.07) is 19.7. The quantitative estimate of drug-likeness (QED) is 0.584. The van der Waals surface area contributed by atoms with Crippen LogP contribution in [0.3, 0.4) is 0 Å². The highest BCUT2D eigenvalue weighted by Gasteiger charge is 2.28. The molecule has 0 unspecified atom stereocenters. The Morgan fingerprint density at radius 1 is 1.04 bits per heavy atom. The zero-order valence-electron chi connectivity index (χ0n) is 15.3. The predicted molar refractivity (Wildman–Crippen MR) is 106 cm³/mol. The van der Waals surface area contributed by atoms with Crippen molar-refractivity contribution in [1.82, 2.24) is 20.0 Å². The highest BCUT2D eigenvalue weighted by molar-refractivity contribution is 5.98. The number of hydrogen-bond acceptors (Lipinski definition) is 4. The minimum atomic E-state index is 0.0464. The Labute approximate surface area is 162 Å². The van der Waals surface area contributed by atoms with E-state index in [0.717, 1.165) is 29.3 Å². The molecule has 140 valence electrons. The number of nitrogens with one attached hydrogen (secondary N) is 1. The van der Waals surface area contributed by atoms with E-state index in [1.54, 1.807) is 0 Å². The maximum Gasteiger partial charge on any atom is 0.270 e. The molecule has 2 aromatic carbocycles. The van der Waals surface area contributed by atoms with Gasteiger partial charge in [-0.1, -0.05) is 53.7 Å². The second-order valence-electron chi connectivity index (χ2n) is 7.16. The summed E-state index contributed by atoms with van der Waals surface area (Å²) in [7, 11) is 0. The lowest BCUT2D eigenvalue weighted by atomic mass is 9.96. The lowest BCUT2D eigenvalue weighted by Crippen LogP contribution is -2.38. The summed E-state index contributed by atoms with van der Waals surface area (Å²) >= 11 is 0. The third-order valence-electron chi connectivity index (χ3n) is 5.37. The van der Waals surface area contributed by atoms with Crippen LogP contribution in [0.4, 0.5) is 0 Å². The minimum Gasteiger partial charge on any atom is -0.351 e. The van der Waals surface area contributed by atoms with Gasteiger partial charge >= 0.3 is 0 Å². The monoisotopic (exact) mass is 372 g/mol. The molecule has 6 heteroatoms. The molecule has 0 bridgehead atoms. The first-order chi connectivity index (χ1) is 13.8. The molecule has 1 amide bonds. The number of rotatable bonds is 3. The van der Waals surface area contributed by atoms with E-state index in [4.69, 9.17) is 4.52 Å².